The summed E-state index contributed by atoms with van der Waals surface area (Å²) in [5.41, 5.74) is 8.10. The molecule has 0 radical (unpaired) electrons. The van der Waals surface area contributed by atoms with Gasteiger partial charge in [0.15, 0.2) is 5.96 Å². The molecule has 1 heterocycles. The van der Waals surface area contributed by atoms with Crippen LogP contribution in [0.2, 0.25) is 0 Å². The maximum Gasteiger partial charge on any atom is 0.198 e. The Bertz CT molecular complexity index is 532. The molecule has 0 bridgehead atoms. The lowest BCUT2D eigenvalue weighted by Crippen LogP contribution is -2.25. The van der Waals surface area contributed by atoms with E-state index in [9.17, 15) is 0 Å². The van der Waals surface area contributed by atoms with Crippen LogP contribution in [0.1, 0.15) is 5.56 Å². The summed E-state index contributed by atoms with van der Waals surface area (Å²) in [5.74, 6) is 0.430. The van der Waals surface area contributed by atoms with E-state index < -0.39 is 0 Å². The fourth-order valence-electron chi connectivity index (χ4n) is 1.85. The first-order valence-corrected chi connectivity index (χ1v) is 6.16. The van der Waals surface area contributed by atoms with E-state index >= 15 is 0 Å². The highest BCUT2D eigenvalue weighted by molar-refractivity contribution is 7.98. The van der Waals surface area contributed by atoms with Gasteiger partial charge in [-0.05, 0) is 18.6 Å². The Morgan fingerprint density at radius 3 is 2.76 bits per heavy atom. The van der Waals surface area contributed by atoms with Crippen LogP contribution in [0.25, 0.3) is 10.9 Å². The van der Waals surface area contributed by atoms with E-state index in [1.807, 2.05) is 6.07 Å². The van der Waals surface area contributed by atoms with E-state index in [0.717, 1.165) is 5.03 Å². The van der Waals surface area contributed by atoms with Gasteiger partial charge >= 0.3 is 0 Å². The largest absolute Gasteiger partial charge is 0.369 e. The first-order valence-electron chi connectivity index (χ1n) is 5.34. The summed E-state index contributed by atoms with van der Waals surface area (Å²) in [5, 5.41) is 2.42. The second-order valence-electron chi connectivity index (χ2n) is 3.82. The molecular weight excluding hydrogens is 232 g/mol. The number of hydrogen-bond donors (Lipinski definition) is 2. The fraction of sp³-hybridized carbons (Fsp3) is 0.250. The van der Waals surface area contributed by atoms with Gasteiger partial charge < -0.3 is 10.3 Å². The number of para-hydroxylation sites is 1. The molecule has 0 amide bonds. The normalized spacial score (nSPS) is 12.1. The Hall–Kier alpha value is -1.62. The quantitative estimate of drug-likeness (QED) is 0.486. The van der Waals surface area contributed by atoms with Gasteiger partial charge in [-0.15, -0.1) is 0 Å². The number of rotatable bonds is 2. The van der Waals surface area contributed by atoms with E-state index in [-0.39, 0.29) is 0 Å². The molecule has 0 aliphatic carbocycles. The van der Waals surface area contributed by atoms with E-state index in [1.54, 1.807) is 7.05 Å². The van der Waals surface area contributed by atoms with E-state index in [0.29, 0.717) is 5.96 Å². The van der Waals surface area contributed by atoms with Gasteiger partial charge in [0, 0.05) is 36.9 Å². The first-order chi connectivity index (χ1) is 8.15. The van der Waals surface area contributed by atoms with Gasteiger partial charge in [-0.25, -0.2) is 0 Å². The van der Waals surface area contributed by atoms with Crippen molar-refractivity contribution in [2.75, 3.05) is 7.05 Å². The van der Waals surface area contributed by atoms with Gasteiger partial charge in [0.25, 0.3) is 0 Å². The van der Waals surface area contributed by atoms with Gasteiger partial charge in [-0.3, -0.25) is 9.71 Å². The molecule has 0 saturated heterocycles. The van der Waals surface area contributed by atoms with Crippen LogP contribution in [-0.4, -0.2) is 17.6 Å². The van der Waals surface area contributed by atoms with E-state index in [4.69, 9.17) is 5.73 Å². The molecule has 0 spiro atoms. The molecule has 4 nitrogen and oxygen atoms in total. The number of guanidine groups is 1. The number of nitrogens with zero attached hydrogens (tertiary/aromatic N) is 2. The number of aryl methyl sites for hydroxylation is 2. The second-order valence-corrected chi connectivity index (χ2v) is 4.61. The average molecular weight is 248 g/mol. The third kappa shape index (κ3) is 2.10. The van der Waals surface area contributed by atoms with E-state index in [1.165, 1.54) is 28.4 Å². The van der Waals surface area contributed by atoms with Crippen molar-refractivity contribution in [1.29, 1.82) is 0 Å². The predicted octanol–water partition coefficient (Wildman–Crippen LogP) is 2.03. The fourth-order valence-corrected chi connectivity index (χ4v) is 2.64. The lowest BCUT2D eigenvalue weighted by atomic mass is 10.2. The Kier molecular flexibility index (Phi) is 3.28. The molecule has 2 rings (SSSR count). The monoisotopic (exact) mass is 248 g/mol. The van der Waals surface area contributed by atoms with Crippen LogP contribution in [0.4, 0.5) is 0 Å². The topological polar surface area (TPSA) is 55.3 Å². The molecule has 2 aromatic rings. The maximum absolute atomic E-state index is 5.62. The molecule has 3 N–H and O–H groups in total. The highest BCUT2D eigenvalue weighted by Crippen LogP contribution is 2.29. The molecule has 90 valence electrons. The number of benzene rings is 1. The lowest BCUT2D eigenvalue weighted by Gasteiger charge is -2.06. The molecule has 0 fully saturated rings. The predicted molar refractivity (Wildman–Crippen MR) is 74.2 cm³/mol. The number of aromatic nitrogens is 1. The van der Waals surface area contributed by atoms with Crippen LogP contribution in [0, 0.1) is 6.92 Å². The molecule has 0 unspecified atom stereocenters. The highest BCUT2D eigenvalue weighted by Gasteiger charge is 2.11. The third-order valence-corrected chi connectivity index (χ3v) is 3.87. The molecule has 1 aromatic carbocycles. The van der Waals surface area contributed by atoms with Crippen LogP contribution >= 0.6 is 11.9 Å². The summed E-state index contributed by atoms with van der Waals surface area (Å²) in [7, 11) is 3.72. The van der Waals surface area contributed by atoms with Crippen LogP contribution in [0.15, 0.2) is 34.3 Å². The smallest absolute Gasteiger partial charge is 0.198 e. The molecule has 1 aromatic heterocycles. The minimum Gasteiger partial charge on any atom is -0.369 e. The zero-order valence-corrected chi connectivity index (χ0v) is 11.0. The zero-order valence-electron chi connectivity index (χ0n) is 10.2. The minimum absolute atomic E-state index is 0.430. The molecule has 5 heteroatoms. The van der Waals surface area contributed by atoms with Crippen LogP contribution in [0.3, 0.4) is 0 Å². The van der Waals surface area contributed by atoms with Crippen LogP contribution in [-0.2, 0) is 7.05 Å². The van der Waals surface area contributed by atoms with Gasteiger partial charge in [-0.1, -0.05) is 18.2 Å². The second kappa shape index (κ2) is 4.71. The number of nitrogens with one attached hydrogen (secondary N) is 1. The number of nitrogens with two attached hydrogens (primary N) is 1. The van der Waals surface area contributed by atoms with Crippen molar-refractivity contribution in [2.24, 2.45) is 17.8 Å². The number of fused-ring (bicyclic) bond motifs is 1. The minimum atomic E-state index is 0.430. The summed E-state index contributed by atoms with van der Waals surface area (Å²) in [6, 6.07) is 8.35. The van der Waals surface area contributed by atoms with Crippen molar-refractivity contribution in [1.82, 2.24) is 9.29 Å². The summed E-state index contributed by atoms with van der Waals surface area (Å²) in [6.45, 7) is 2.12. The summed E-state index contributed by atoms with van der Waals surface area (Å²) in [4.78, 5) is 3.87. The molecule has 0 aliphatic heterocycles. The Balaban J connectivity index is 2.40. The zero-order chi connectivity index (χ0) is 12.4. The van der Waals surface area contributed by atoms with Crippen LogP contribution < -0.4 is 10.5 Å². The molecule has 0 aliphatic rings. The van der Waals surface area contributed by atoms with Crippen LogP contribution in [0.5, 0.6) is 0 Å². The SMILES string of the molecule is CN=C(N)NSc1c(C)c2ccccc2n1C. The molecule has 0 atom stereocenters. The van der Waals surface area contributed by atoms with Crippen molar-refractivity contribution in [3.8, 4) is 0 Å². The Labute approximate surface area is 105 Å². The standard InChI is InChI=1S/C12H16N4S/c1-8-9-6-4-5-7-10(9)16(3)11(8)17-15-12(13)14-2/h4-7H,1-3H3,(H3,13,14,15). The number of aliphatic imine (C=N–C) groups is 1. The maximum atomic E-state index is 5.62. The van der Waals surface area contributed by atoms with Gasteiger partial charge in [0.05, 0.1) is 5.03 Å². The van der Waals surface area contributed by atoms with Gasteiger partial charge in [0.2, 0.25) is 0 Å². The van der Waals surface area contributed by atoms with Crippen molar-refractivity contribution >= 4 is 28.8 Å². The molecular formula is C12H16N4S. The van der Waals surface area contributed by atoms with Crippen molar-refractivity contribution < 1.29 is 0 Å². The summed E-state index contributed by atoms with van der Waals surface area (Å²) >= 11 is 1.49. The van der Waals surface area contributed by atoms with Crippen molar-refractivity contribution in [3.05, 3.63) is 29.8 Å². The lowest BCUT2D eigenvalue weighted by molar-refractivity contribution is 0.850. The molecule has 0 saturated carbocycles. The Morgan fingerprint density at radius 2 is 2.12 bits per heavy atom. The third-order valence-electron chi connectivity index (χ3n) is 2.79. The first kappa shape index (κ1) is 11.9. The average Bonchev–Trinajstić information content (AvgIpc) is 2.60. The summed E-state index contributed by atoms with van der Waals surface area (Å²) in [6.07, 6.45) is 0. The van der Waals surface area contributed by atoms with Gasteiger partial charge in [0.1, 0.15) is 0 Å². The van der Waals surface area contributed by atoms with E-state index in [2.05, 4.69) is 46.5 Å². The summed E-state index contributed by atoms with van der Waals surface area (Å²) < 4.78 is 5.17. The number of hydrogen-bond acceptors (Lipinski definition) is 2. The highest BCUT2D eigenvalue weighted by atomic mass is 32.2. The van der Waals surface area contributed by atoms with Gasteiger partial charge in [-0.2, -0.15) is 0 Å². The van der Waals surface area contributed by atoms with Crippen molar-refractivity contribution in [3.63, 3.8) is 0 Å². The molecule has 17 heavy (non-hydrogen) atoms. The Morgan fingerprint density at radius 1 is 1.41 bits per heavy atom. The van der Waals surface area contributed by atoms with Crippen molar-refractivity contribution in [2.45, 2.75) is 11.9 Å².